The fraction of sp³-hybridized carbons (Fsp3) is 0.538. The highest BCUT2D eigenvalue weighted by atomic mass is 16.5. The van der Waals surface area contributed by atoms with Crippen LogP contribution in [-0.4, -0.2) is 12.2 Å². The highest BCUT2D eigenvalue weighted by Crippen LogP contribution is 2.35. The molecule has 0 aliphatic heterocycles. The summed E-state index contributed by atoms with van der Waals surface area (Å²) in [5, 5.41) is 9.69. The molecule has 86 valence electrons. The van der Waals surface area contributed by atoms with Crippen molar-refractivity contribution in [2.45, 2.75) is 40.5 Å². The van der Waals surface area contributed by atoms with Gasteiger partial charge in [-0.05, 0) is 30.5 Å². The average Bonchev–Trinajstić information content (AvgIpc) is 2.18. The summed E-state index contributed by atoms with van der Waals surface area (Å²) in [5.74, 6) is 1.37. The topological polar surface area (TPSA) is 29.5 Å². The number of phenols is 1. The molecule has 0 saturated heterocycles. The molecule has 2 nitrogen and oxygen atoms in total. The summed E-state index contributed by atoms with van der Waals surface area (Å²) >= 11 is 0. The number of methoxy groups -OCH3 is 1. The van der Waals surface area contributed by atoms with Crippen LogP contribution in [0.5, 0.6) is 11.5 Å². The van der Waals surface area contributed by atoms with Gasteiger partial charge in [0.1, 0.15) is 11.5 Å². The molecule has 2 heteroatoms. The molecule has 0 aliphatic rings. The van der Waals surface area contributed by atoms with E-state index in [0.29, 0.717) is 5.75 Å². The lowest BCUT2D eigenvalue weighted by atomic mass is 9.99. The van der Waals surface area contributed by atoms with Gasteiger partial charge in [0, 0.05) is 5.56 Å². The highest BCUT2D eigenvalue weighted by molar-refractivity contribution is 5.48. The largest absolute Gasteiger partial charge is 0.508 e. The van der Waals surface area contributed by atoms with Gasteiger partial charge in [-0.15, -0.1) is 0 Å². The molecule has 0 saturated carbocycles. The van der Waals surface area contributed by atoms with Crippen LogP contribution in [0.15, 0.2) is 12.1 Å². The molecule has 0 aliphatic carbocycles. The standard InChI is InChI=1S/C11H16O2.C2H6/c1-7(2)11-9(12)5-8(3)6-10(11)13-4;1-2/h5-7,12H,1-4H3;1-2H3. The summed E-state index contributed by atoms with van der Waals surface area (Å²) < 4.78 is 5.21. The molecule has 0 aromatic heterocycles. The van der Waals surface area contributed by atoms with Crippen LogP contribution < -0.4 is 4.74 Å². The second kappa shape index (κ2) is 6.33. The summed E-state index contributed by atoms with van der Waals surface area (Å²) in [4.78, 5) is 0. The number of rotatable bonds is 2. The van der Waals surface area contributed by atoms with Crippen LogP contribution in [-0.2, 0) is 0 Å². The number of hydrogen-bond acceptors (Lipinski definition) is 2. The monoisotopic (exact) mass is 210 g/mol. The van der Waals surface area contributed by atoms with E-state index in [-0.39, 0.29) is 5.92 Å². The van der Waals surface area contributed by atoms with E-state index in [1.54, 1.807) is 13.2 Å². The Morgan fingerprint density at radius 2 is 1.73 bits per heavy atom. The van der Waals surface area contributed by atoms with Crippen LogP contribution in [0.1, 0.15) is 44.7 Å². The summed E-state index contributed by atoms with van der Waals surface area (Å²) in [6.07, 6.45) is 0. The van der Waals surface area contributed by atoms with E-state index in [1.807, 2.05) is 40.7 Å². The molecule has 1 aromatic rings. The van der Waals surface area contributed by atoms with E-state index in [4.69, 9.17) is 4.74 Å². The number of ether oxygens (including phenoxy) is 1. The first-order valence-corrected chi connectivity index (χ1v) is 5.43. The van der Waals surface area contributed by atoms with E-state index in [1.165, 1.54) is 0 Å². The first-order chi connectivity index (χ1) is 7.06. The maximum Gasteiger partial charge on any atom is 0.126 e. The minimum absolute atomic E-state index is 0.274. The van der Waals surface area contributed by atoms with Crippen molar-refractivity contribution >= 4 is 0 Å². The molecule has 15 heavy (non-hydrogen) atoms. The number of hydrogen-bond donors (Lipinski definition) is 1. The molecular weight excluding hydrogens is 188 g/mol. The third-order valence-electron chi connectivity index (χ3n) is 2.06. The maximum absolute atomic E-state index is 9.69. The van der Waals surface area contributed by atoms with E-state index in [0.717, 1.165) is 16.9 Å². The molecule has 0 fully saturated rings. The molecule has 0 amide bonds. The van der Waals surface area contributed by atoms with Crippen molar-refractivity contribution in [2.24, 2.45) is 0 Å². The Bertz CT molecular complexity index is 304. The number of benzene rings is 1. The van der Waals surface area contributed by atoms with Crippen molar-refractivity contribution in [1.82, 2.24) is 0 Å². The fourth-order valence-electron chi connectivity index (χ4n) is 1.49. The van der Waals surface area contributed by atoms with Crippen LogP contribution in [0.2, 0.25) is 0 Å². The quantitative estimate of drug-likeness (QED) is 0.803. The lowest BCUT2D eigenvalue weighted by Gasteiger charge is -2.14. The van der Waals surface area contributed by atoms with Crippen LogP contribution >= 0.6 is 0 Å². The maximum atomic E-state index is 9.69. The lowest BCUT2D eigenvalue weighted by Crippen LogP contribution is -1.95. The number of phenolic OH excluding ortho intramolecular Hbond substituents is 1. The van der Waals surface area contributed by atoms with Gasteiger partial charge in [0.25, 0.3) is 0 Å². The van der Waals surface area contributed by atoms with Crippen molar-refractivity contribution in [3.05, 3.63) is 23.3 Å². The predicted molar refractivity (Wildman–Crippen MR) is 64.8 cm³/mol. The third kappa shape index (κ3) is 3.46. The third-order valence-corrected chi connectivity index (χ3v) is 2.06. The van der Waals surface area contributed by atoms with E-state index in [9.17, 15) is 5.11 Å². The summed E-state index contributed by atoms with van der Waals surface area (Å²) in [6.45, 7) is 10.0. The average molecular weight is 210 g/mol. The zero-order valence-electron chi connectivity index (χ0n) is 10.6. The second-order valence-electron chi connectivity index (χ2n) is 3.55. The predicted octanol–water partition coefficient (Wildman–Crippen LogP) is 3.86. The van der Waals surface area contributed by atoms with Crippen molar-refractivity contribution in [1.29, 1.82) is 0 Å². The molecule has 0 radical (unpaired) electrons. The van der Waals surface area contributed by atoms with Gasteiger partial charge in [-0.2, -0.15) is 0 Å². The molecular formula is C13H22O2. The van der Waals surface area contributed by atoms with Gasteiger partial charge in [-0.25, -0.2) is 0 Å². The van der Waals surface area contributed by atoms with Gasteiger partial charge in [0.05, 0.1) is 7.11 Å². The van der Waals surface area contributed by atoms with Crippen LogP contribution in [0, 0.1) is 6.92 Å². The van der Waals surface area contributed by atoms with E-state index < -0.39 is 0 Å². The van der Waals surface area contributed by atoms with Gasteiger partial charge < -0.3 is 9.84 Å². The van der Waals surface area contributed by atoms with Gasteiger partial charge in [-0.3, -0.25) is 0 Å². The first-order valence-electron chi connectivity index (χ1n) is 5.43. The summed E-state index contributed by atoms with van der Waals surface area (Å²) in [7, 11) is 1.63. The number of aromatic hydroxyl groups is 1. The normalized spacial score (nSPS) is 9.53. The molecule has 1 rings (SSSR count). The molecule has 0 bridgehead atoms. The SMILES string of the molecule is CC.COc1cc(C)cc(O)c1C(C)C. The Morgan fingerprint density at radius 1 is 1.20 bits per heavy atom. The van der Waals surface area contributed by atoms with Crippen molar-refractivity contribution < 1.29 is 9.84 Å². The summed E-state index contributed by atoms with van der Waals surface area (Å²) in [5.41, 5.74) is 1.90. The Balaban J connectivity index is 0.000000921. The second-order valence-corrected chi connectivity index (χ2v) is 3.55. The van der Waals surface area contributed by atoms with Crippen LogP contribution in [0.25, 0.3) is 0 Å². The summed E-state index contributed by atoms with van der Waals surface area (Å²) in [6, 6.07) is 3.70. The molecule has 0 spiro atoms. The minimum atomic E-state index is 0.274. The molecule has 0 heterocycles. The lowest BCUT2D eigenvalue weighted by molar-refractivity contribution is 0.396. The number of aryl methyl sites for hydroxylation is 1. The Kier molecular flexibility index (Phi) is 5.83. The van der Waals surface area contributed by atoms with Crippen LogP contribution in [0.3, 0.4) is 0 Å². The zero-order chi connectivity index (χ0) is 12.0. The van der Waals surface area contributed by atoms with Gasteiger partial charge in [-0.1, -0.05) is 27.7 Å². The highest BCUT2D eigenvalue weighted by Gasteiger charge is 2.12. The minimum Gasteiger partial charge on any atom is -0.508 e. The molecule has 1 aromatic carbocycles. The van der Waals surface area contributed by atoms with Crippen molar-refractivity contribution in [3.8, 4) is 11.5 Å². The molecule has 1 N–H and O–H groups in total. The van der Waals surface area contributed by atoms with Gasteiger partial charge >= 0.3 is 0 Å². The van der Waals surface area contributed by atoms with Crippen molar-refractivity contribution in [2.75, 3.05) is 7.11 Å². The van der Waals surface area contributed by atoms with E-state index >= 15 is 0 Å². The zero-order valence-corrected chi connectivity index (χ0v) is 10.6. The Morgan fingerprint density at radius 3 is 2.13 bits per heavy atom. The Hall–Kier alpha value is -1.18. The molecule has 0 atom stereocenters. The van der Waals surface area contributed by atoms with Crippen molar-refractivity contribution in [3.63, 3.8) is 0 Å². The van der Waals surface area contributed by atoms with E-state index in [2.05, 4.69) is 0 Å². The van der Waals surface area contributed by atoms with Gasteiger partial charge in [0.2, 0.25) is 0 Å². The smallest absolute Gasteiger partial charge is 0.126 e. The molecule has 0 unspecified atom stereocenters. The van der Waals surface area contributed by atoms with Gasteiger partial charge in [0.15, 0.2) is 0 Å². The first kappa shape index (κ1) is 13.8. The Labute approximate surface area is 92.9 Å². The van der Waals surface area contributed by atoms with Crippen LogP contribution in [0.4, 0.5) is 0 Å². The fourth-order valence-corrected chi connectivity index (χ4v) is 1.49.